The van der Waals surface area contributed by atoms with Crippen molar-refractivity contribution in [3.63, 3.8) is 0 Å². The first kappa shape index (κ1) is 89.7. The number of benzene rings is 1. The summed E-state index contributed by atoms with van der Waals surface area (Å²) in [6.45, 7) is 32.9. The summed E-state index contributed by atoms with van der Waals surface area (Å²) < 4.78 is 4.90. The summed E-state index contributed by atoms with van der Waals surface area (Å²) in [4.78, 5) is 180. The maximum Gasteiger partial charge on any atom is 0.411 e. The molecule has 0 aromatic heterocycles. The molecule has 1 fully saturated rings. The van der Waals surface area contributed by atoms with E-state index in [-0.39, 0.29) is 61.9 Å². The predicted molar refractivity (Wildman–Crippen MR) is 385 cm³/mol. The molecule has 26 nitrogen and oxygen atoms in total. The summed E-state index contributed by atoms with van der Waals surface area (Å²) in [6, 6.07) is -5.43. The van der Waals surface area contributed by atoms with Crippen LogP contribution in [0.1, 0.15) is 170 Å². The average molecular weight is 1420 g/mol. The topological polar surface area (TPSA) is 317 Å². The molecule has 1 aromatic rings. The number of nitrogens with one attached hydrogen (secondary N) is 5. The zero-order valence-electron chi connectivity index (χ0n) is 64.1. The highest BCUT2D eigenvalue weighted by Crippen LogP contribution is 2.26. The molecule has 0 bridgehead atoms. The Morgan fingerprint density at radius 1 is 0.556 bits per heavy atom. The molecule has 12 amide bonds. The van der Waals surface area contributed by atoms with E-state index < -0.39 is 162 Å². The number of carbonyl (C=O) groups is 12. The van der Waals surface area contributed by atoms with Crippen LogP contribution in [0.3, 0.4) is 0 Å². The predicted octanol–water partition coefficient (Wildman–Crippen LogP) is 6.57. The van der Waals surface area contributed by atoms with E-state index in [1.807, 2.05) is 61.5 Å². The Morgan fingerprint density at radius 3 is 1.47 bits per heavy atom. The number of hydrogen-bond acceptors (Lipinski definition) is 14. The van der Waals surface area contributed by atoms with Crippen LogP contribution >= 0.6 is 11.6 Å². The molecule has 562 valence electrons. The van der Waals surface area contributed by atoms with Crippen molar-refractivity contribution in [1.29, 1.82) is 0 Å². The number of nitrogens with zero attached hydrogens (tertiary/aromatic N) is 7. The number of likely N-dealkylation sites (N-methyl/N-ethyl adjacent to an activating group) is 7. The van der Waals surface area contributed by atoms with E-state index in [0.717, 1.165) is 9.80 Å². The van der Waals surface area contributed by atoms with Crippen molar-refractivity contribution >= 4 is 88.4 Å². The number of ether oxygens (including phenoxy) is 1. The Morgan fingerprint density at radius 2 is 1.01 bits per heavy atom. The fourth-order valence-corrected chi connectivity index (χ4v) is 11.8. The number of allylic oxidation sites excluding steroid dienone is 2. The van der Waals surface area contributed by atoms with Crippen LogP contribution in [0.2, 0.25) is 5.02 Å². The molecule has 1 saturated heterocycles. The fourth-order valence-electron chi connectivity index (χ4n) is 11.6. The number of rotatable bonds is 17. The number of carbonyl (C=O) groups excluding carboxylic acids is 12. The van der Waals surface area contributed by atoms with E-state index in [2.05, 4.69) is 26.6 Å². The van der Waals surface area contributed by atoms with Gasteiger partial charge in [-0.1, -0.05) is 127 Å². The molecular weight excluding hydrogens is 1290 g/mol. The quantitative estimate of drug-likeness (QED) is 0.0900. The lowest BCUT2D eigenvalue weighted by Crippen LogP contribution is -2.63. The molecule has 0 spiro atoms. The van der Waals surface area contributed by atoms with Gasteiger partial charge in [0.05, 0.1) is 18.8 Å². The lowest BCUT2D eigenvalue weighted by atomic mass is 9.91. The van der Waals surface area contributed by atoms with Crippen LogP contribution < -0.4 is 26.6 Å². The number of amides is 12. The maximum absolute atomic E-state index is 15.1. The second kappa shape index (κ2) is 42.0. The summed E-state index contributed by atoms with van der Waals surface area (Å²) in [5, 5.41) is 26.2. The van der Waals surface area contributed by atoms with Gasteiger partial charge in [0.2, 0.25) is 65.0 Å². The first-order chi connectivity index (χ1) is 45.8. The number of hydrogen-bond donors (Lipinski definition) is 6. The Kier molecular flexibility index (Phi) is 38.1. The van der Waals surface area contributed by atoms with Gasteiger partial charge in [0.15, 0.2) is 0 Å². The monoisotopic (exact) mass is 1410 g/mol. The van der Waals surface area contributed by atoms with Crippen molar-refractivity contribution in [3.8, 4) is 0 Å². The number of halogens is 1. The largest absolute Gasteiger partial charge is 0.447 e. The van der Waals surface area contributed by atoms with Gasteiger partial charge in [0, 0.05) is 60.0 Å². The van der Waals surface area contributed by atoms with Crippen LogP contribution in [0.15, 0.2) is 36.4 Å². The minimum absolute atomic E-state index is 0.0229. The minimum atomic E-state index is -1.61. The first-order valence-corrected chi connectivity index (χ1v) is 35.2. The van der Waals surface area contributed by atoms with Gasteiger partial charge in [-0.25, -0.2) is 4.79 Å². The van der Waals surface area contributed by atoms with Crippen LogP contribution in [0.4, 0.5) is 10.5 Å². The summed E-state index contributed by atoms with van der Waals surface area (Å²) in [7, 11) is 9.92. The van der Waals surface area contributed by atoms with Crippen molar-refractivity contribution in [2.45, 2.75) is 243 Å². The van der Waals surface area contributed by atoms with Crippen LogP contribution in [-0.4, -0.2) is 239 Å². The van der Waals surface area contributed by atoms with Crippen LogP contribution in [0.25, 0.3) is 0 Å². The van der Waals surface area contributed by atoms with Crippen LogP contribution in [0.5, 0.6) is 0 Å². The minimum Gasteiger partial charge on any atom is -0.447 e. The Bertz CT molecular complexity index is 2910. The van der Waals surface area contributed by atoms with E-state index in [0.29, 0.717) is 17.1 Å². The standard InChI is InChI=1S/C62H111N11O12.C10H12ClNO2/c1-25-27-28-40(15)52(75)51-56(79)65-43(26-2)58(81)67(18)33-48(74)68(19)44(29-34(3)4)55(78)66-49(38(11)12)61(84)69(20)45(30-35(5)6)54(77)63-41(16)53(76)64-42(17)57(80)70(21)46(31-36(7)8)59(82)71(22)47(32-37(9)10)60(83)72(23)50(39(13)14)62(85)73(51)24;1-7(2)14-10(13)12-9-5-3-4-8(11)6-9/h25,27,34-47,49-52,75H,26,28-33H2,1-24H3,(H,63,77)(H,64,76)(H,65,79)(H,66,78);3-7H,1-2H3,(H,12,13). The second-order valence-corrected chi connectivity index (χ2v) is 29.6. The van der Waals surface area contributed by atoms with Crippen molar-refractivity contribution in [3.05, 3.63) is 41.4 Å². The molecule has 99 heavy (non-hydrogen) atoms. The maximum atomic E-state index is 15.1. The highest BCUT2D eigenvalue weighted by Gasteiger charge is 2.46. The van der Waals surface area contributed by atoms with Gasteiger partial charge in [-0.15, -0.1) is 0 Å². The molecule has 6 N–H and O–H groups in total. The summed E-state index contributed by atoms with van der Waals surface area (Å²) in [5.41, 5.74) is 0.628. The van der Waals surface area contributed by atoms with Crippen molar-refractivity contribution in [2.24, 2.45) is 41.4 Å². The first-order valence-electron chi connectivity index (χ1n) is 34.9. The van der Waals surface area contributed by atoms with Gasteiger partial charge in [-0.3, -0.25) is 58.1 Å². The Hall–Kier alpha value is -7.35. The molecule has 2 rings (SSSR count). The fraction of sp³-hybridized carbons (Fsp3) is 0.722. The lowest BCUT2D eigenvalue weighted by molar-refractivity contribution is -0.157. The second-order valence-electron chi connectivity index (χ2n) is 29.2. The van der Waals surface area contributed by atoms with Crippen LogP contribution in [-0.2, 0) is 57.5 Å². The molecule has 1 heterocycles. The van der Waals surface area contributed by atoms with Gasteiger partial charge in [-0.2, -0.15) is 0 Å². The molecule has 1 aliphatic rings. The molecule has 0 radical (unpaired) electrons. The van der Waals surface area contributed by atoms with Gasteiger partial charge < -0.3 is 65.4 Å². The molecule has 12 unspecified atom stereocenters. The molecule has 12 atom stereocenters. The third kappa shape index (κ3) is 27.6. The zero-order valence-corrected chi connectivity index (χ0v) is 64.9. The van der Waals surface area contributed by atoms with Gasteiger partial charge in [0.25, 0.3) is 0 Å². The summed E-state index contributed by atoms with van der Waals surface area (Å²) in [5.74, 6) is -9.71. The number of anilines is 1. The summed E-state index contributed by atoms with van der Waals surface area (Å²) in [6.07, 6.45) is 2.44. The SMILES string of the molecule is CC(C)OC(=O)Nc1cccc(Cl)c1.CC=CCC(C)C(O)C1C(=O)NC(CC)C(=O)N(C)CC(=O)N(C)C(CC(C)C)C(=O)NC(C(C)C)C(=O)N(C)C(CC(C)C)C(=O)NC(C)C(=O)NC(C)C(=O)N(C)C(CC(C)C)C(=O)N(C)C(CC(C)C)C(=O)N(C)C(C(C)C)C(=O)N1C. The zero-order chi connectivity index (χ0) is 76.5. The highest BCUT2D eigenvalue weighted by molar-refractivity contribution is 6.30. The Balaban J connectivity index is 0.00000309. The van der Waals surface area contributed by atoms with E-state index in [1.165, 1.54) is 87.7 Å². The summed E-state index contributed by atoms with van der Waals surface area (Å²) >= 11 is 5.74. The lowest BCUT2D eigenvalue weighted by Gasteiger charge is -2.41. The molecule has 27 heteroatoms. The van der Waals surface area contributed by atoms with E-state index >= 15 is 9.59 Å². The van der Waals surface area contributed by atoms with Gasteiger partial charge >= 0.3 is 6.09 Å². The molecule has 1 aromatic carbocycles. The van der Waals surface area contributed by atoms with E-state index in [1.54, 1.807) is 92.7 Å². The average Bonchev–Trinajstić information content (AvgIpc) is 0.804. The van der Waals surface area contributed by atoms with E-state index in [9.17, 15) is 53.1 Å². The normalized spacial score (nSPS) is 24.5. The van der Waals surface area contributed by atoms with Crippen LogP contribution in [0, 0.1) is 41.4 Å². The van der Waals surface area contributed by atoms with Crippen molar-refractivity contribution < 1.29 is 67.4 Å². The molecule has 0 aliphatic carbocycles. The Labute approximate surface area is 595 Å². The van der Waals surface area contributed by atoms with Crippen molar-refractivity contribution in [2.75, 3.05) is 61.2 Å². The van der Waals surface area contributed by atoms with E-state index in [4.69, 9.17) is 16.3 Å². The van der Waals surface area contributed by atoms with Gasteiger partial charge in [-0.05, 0) is 133 Å². The third-order valence-corrected chi connectivity index (χ3v) is 17.7. The number of aliphatic hydroxyl groups excluding tert-OH is 1. The smallest absolute Gasteiger partial charge is 0.411 e. The molecular formula is C72H123ClN12O14. The van der Waals surface area contributed by atoms with Crippen molar-refractivity contribution in [1.82, 2.24) is 55.6 Å². The molecule has 1 aliphatic heterocycles. The number of aliphatic hydroxyl groups is 1. The van der Waals surface area contributed by atoms with Gasteiger partial charge in [0.1, 0.15) is 60.4 Å². The molecule has 0 saturated carbocycles. The third-order valence-electron chi connectivity index (χ3n) is 17.5. The highest BCUT2D eigenvalue weighted by atomic mass is 35.5.